The third-order valence-corrected chi connectivity index (χ3v) is 1.69. The summed E-state index contributed by atoms with van der Waals surface area (Å²) in [5, 5.41) is 5.76. The summed E-state index contributed by atoms with van der Waals surface area (Å²) in [6, 6.07) is 0. The summed E-state index contributed by atoms with van der Waals surface area (Å²) < 4.78 is 65.2. The zero-order valence-electron chi connectivity index (χ0n) is 7.89. The average Bonchev–Trinajstić information content (AvgIpc) is 2.61. The summed E-state index contributed by atoms with van der Waals surface area (Å²) in [5.41, 5.74) is 5.12. The molecule has 92 valence electrons. The predicted molar refractivity (Wildman–Crippen MR) is 41.6 cm³/mol. The van der Waals surface area contributed by atoms with Crippen LogP contribution in [0.25, 0.3) is 0 Å². The number of aromatic nitrogens is 2. The molecular formula is C7H8F5N3O. The molecule has 0 aromatic carbocycles. The molecule has 9 heteroatoms. The highest BCUT2D eigenvalue weighted by atomic mass is 19.4. The van der Waals surface area contributed by atoms with Crippen molar-refractivity contribution in [2.75, 3.05) is 6.54 Å². The Kier molecular flexibility index (Phi) is 3.46. The highest BCUT2D eigenvalue weighted by Crippen LogP contribution is 2.43. The maximum absolute atomic E-state index is 12.7. The van der Waals surface area contributed by atoms with Crippen LogP contribution in [-0.2, 0) is 12.3 Å². The first-order valence-corrected chi connectivity index (χ1v) is 4.26. The van der Waals surface area contributed by atoms with E-state index in [0.29, 0.717) is 6.42 Å². The molecule has 0 atom stereocenters. The summed E-state index contributed by atoms with van der Waals surface area (Å²) in [6.45, 7) is 0.243. The monoisotopic (exact) mass is 245 g/mol. The number of hydrogen-bond acceptors (Lipinski definition) is 4. The van der Waals surface area contributed by atoms with E-state index in [9.17, 15) is 22.0 Å². The van der Waals surface area contributed by atoms with E-state index in [1.165, 1.54) is 0 Å². The van der Waals surface area contributed by atoms with Crippen LogP contribution >= 0.6 is 0 Å². The van der Waals surface area contributed by atoms with Gasteiger partial charge in [-0.05, 0) is 13.0 Å². The first-order chi connectivity index (χ1) is 7.29. The van der Waals surface area contributed by atoms with E-state index in [1.54, 1.807) is 0 Å². The van der Waals surface area contributed by atoms with Crippen molar-refractivity contribution in [3.63, 3.8) is 0 Å². The van der Waals surface area contributed by atoms with Crippen LogP contribution in [0.2, 0.25) is 0 Å². The van der Waals surface area contributed by atoms with Gasteiger partial charge in [0.1, 0.15) is 0 Å². The van der Waals surface area contributed by atoms with Gasteiger partial charge in [0.25, 0.3) is 5.89 Å². The summed E-state index contributed by atoms with van der Waals surface area (Å²) in [7, 11) is 0. The molecule has 16 heavy (non-hydrogen) atoms. The highest BCUT2D eigenvalue weighted by Gasteiger charge is 2.62. The quantitative estimate of drug-likeness (QED) is 0.818. The molecule has 1 aromatic heterocycles. The van der Waals surface area contributed by atoms with Crippen molar-refractivity contribution in [3.05, 3.63) is 11.8 Å². The summed E-state index contributed by atoms with van der Waals surface area (Å²) in [4.78, 5) is 0. The smallest absolute Gasteiger partial charge is 0.419 e. The number of nitrogens with two attached hydrogens (primary N) is 1. The largest absolute Gasteiger partial charge is 0.463 e. The maximum Gasteiger partial charge on any atom is 0.463 e. The van der Waals surface area contributed by atoms with Gasteiger partial charge in [-0.1, -0.05) is 0 Å². The second-order valence-corrected chi connectivity index (χ2v) is 2.97. The van der Waals surface area contributed by atoms with E-state index < -0.39 is 18.0 Å². The zero-order valence-corrected chi connectivity index (χ0v) is 7.89. The summed E-state index contributed by atoms with van der Waals surface area (Å²) in [5.74, 6) is -7.16. The normalized spacial score (nSPS) is 13.1. The van der Waals surface area contributed by atoms with E-state index >= 15 is 0 Å². The van der Waals surface area contributed by atoms with Gasteiger partial charge in [0.2, 0.25) is 5.89 Å². The molecule has 0 amide bonds. The molecule has 0 spiro atoms. The SMILES string of the molecule is NCCCc1nnc(C(F)(F)C(F)(F)F)o1. The van der Waals surface area contributed by atoms with Crippen LogP contribution in [0.3, 0.4) is 0 Å². The molecular weight excluding hydrogens is 237 g/mol. The van der Waals surface area contributed by atoms with Crippen molar-refractivity contribution in [1.29, 1.82) is 0 Å². The van der Waals surface area contributed by atoms with Crippen molar-refractivity contribution in [2.24, 2.45) is 5.73 Å². The van der Waals surface area contributed by atoms with Crippen molar-refractivity contribution >= 4 is 0 Å². The summed E-state index contributed by atoms with van der Waals surface area (Å²) in [6.07, 6.45) is -5.32. The fourth-order valence-corrected chi connectivity index (χ4v) is 0.856. The number of hydrogen-bond donors (Lipinski definition) is 1. The van der Waals surface area contributed by atoms with Crippen molar-refractivity contribution in [3.8, 4) is 0 Å². The molecule has 0 saturated carbocycles. The first-order valence-electron chi connectivity index (χ1n) is 4.26. The molecule has 0 aliphatic heterocycles. The fraction of sp³-hybridized carbons (Fsp3) is 0.714. The number of halogens is 5. The third-order valence-electron chi connectivity index (χ3n) is 1.69. The van der Waals surface area contributed by atoms with Crippen LogP contribution in [0.15, 0.2) is 4.42 Å². The van der Waals surface area contributed by atoms with Gasteiger partial charge in [0.05, 0.1) is 0 Å². The minimum absolute atomic E-state index is 0.0669. The fourth-order valence-electron chi connectivity index (χ4n) is 0.856. The van der Waals surface area contributed by atoms with Gasteiger partial charge in [-0.15, -0.1) is 10.2 Å². The van der Waals surface area contributed by atoms with Crippen LogP contribution in [0.1, 0.15) is 18.2 Å². The molecule has 0 fully saturated rings. The lowest BCUT2D eigenvalue weighted by Crippen LogP contribution is -2.34. The molecule has 0 saturated heterocycles. The average molecular weight is 245 g/mol. The zero-order chi connectivity index (χ0) is 12.4. The Morgan fingerprint density at radius 3 is 2.25 bits per heavy atom. The lowest BCUT2D eigenvalue weighted by molar-refractivity contribution is -0.297. The van der Waals surface area contributed by atoms with Gasteiger partial charge in [-0.3, -0.25) is 0 Å². The van der Waals surface area contributed by atoms with Gasteiger partial charge in [-0.2, -0.15) is 22.0 Å². The third kappa shape index (κ3) is 2.46. The van der Waals surface area contributed by atoms with E-state index in [-0.39, 0.29) is 18.9 Å². The molecule has 0 aliphatic carbocycles. The Labute approximate surface area is 86.6 Å². The maximum atomic E-state index is 12.7. The van der Waals surface area contributed by atoms with E-state index in [2.05, 4.69) is 14.6 Å². The second-order valence-electron chi connectivity index (χ2n) is 2.97. The number of alkyl halides is 5. The van der Waals surface area contributed by atoms with Crippen LogP contribution in [0.5, 0.6) is 0 Å². The van der Waals surface area contributed by atoms with Crippen molar-refractivity contribution in [2.45, 2.75) is 24.9 Å². The molecule has 1 aromatic rings. The standard InChI is InChI=1S/C7H8F5N3O/c8-6(9,7(10,11)12)5-15-14-4(16-5)2-1-3-13/h1-3,13H2. The lowest BCUT2D eigenvalue weighted by Gasteiger charge is -2.14. The molecule has 0 bridgehead atoms. The van der Waals surface area contributed by atoms with Crippen LogP contribution < -0.4 is 5.73 Å². The Morgan fingerprint density at radius 2 is 1.75 bits per heavy atom. The van der Waals surface area contributed by atoms with E-state index in [0.717, 1.165) is 0 Å². The van der Waals surface area contributed by atoms with Gasteiger partial charge < -0.3 is 10.2 Å². The Morgan fingerprint density at radius 1 is 1.12 bits per heavy atom. The highest BCUT2D eigenvalue weighted by molar-refractivity contribution is 4.95. The molecule has 4 nitrogen and oxygen atoms in total. The Bertz CT molecular complexity index is 348. The first kappa shape index (κ1) is 12.8. The van der Waals surface area contributed by atoms with Crippen molar-refractivity contribution in [1.82, 2.24) is 10.2 Å². The number of aryl methyl sites for hydroxylation is 1. The van der Waals surface area contributed by atoms with Crippen LogP contribution in [0.4, 0.5) is 22.0 Å². The molecule has 1 heterocycles. The van der Waals surface area contributed by atoms with Gasteiger partial charge in [0.15, 0.2) is 0 Å². The Balaban J connectivity index is 2.85. The Hall–Kier alpha value is -1.25. The van der Waals surface area contributed by atoms with E-state index in [4.69, 9.17) is 5.73 Å². The lowest BCUT2D eigenvalue weighted by atomic mass is 10.3. The number of nitrogens with zero attached hydrogens (tertiary/aromatic N) is 2. The van der Waals surface area contributed by atoms with Crippen LogP contribution in [-0.4, -0.2) is 22.9 Å². The molecule has 0 unspecified atom stereocenters. The minimum atomic E-state index is -5.75. The molecule has 0 radical (unpaired) electrons. The molecule has 1 rings (SSSR count). The summed E-state index contributed by atoms with van der Waals surface area (Å²) >= 11 is 0. The molecule has 0 aliphatic rings. The van der Waals surface area contributed by atoms with E-state index in [1.807, 2.05) is 0 Å². The van der Waals surface area contributed by atoms with Crippen molar-refractivity contribution < 1.29 is 26.4 Å². The van der Waals surface area contributed by atoms with Gasteiger partial charge in [0, 0.05) is 6.42 Å². The second kappa shape index (κ2) is 4.32. The predicted octanol–water partition coefficient (Wildman–Crippen LogP) is 1.62. The van der Waals surface area contributed by atoms with Gasteiger partial charge in [-0.25, -0.2) is 0 Å². The molecule has 2 N–H and O–H groups in total. The van der Waals surface area contributed by atoms with Crippen LogP contribution in [0, 0.1) is 0 Å². The topological polar surface area (TPSA) is 64.9 Å². The minimum Gasteiger partial charge on any atom is -0.419 e. The number of rotatable bonds is 4. The van der Waals surface area contributed by atoms with Gasteiger partial charge >= 0.3 is 12.1 Å².